The van der Waals surface area contributed by atoms with Crippen LogP contribution in [0.5, 0.6) is 0 Å². The Morgan fingerprint density at radius 1 is 1.13 bits per heavy atom. The first kappa shape index (κ1) is 20.4. The van der Waals surface area contributed by atoms with Crippen molar-refractivity contribution in [3.63, 3.8) is 0 Å². The fourth-order valence-electron chi connectivity index (χ4n) is 3.87. The van der Waals surface area contributed by atoms with Gasteiger partial charge in [-0.25, -0.2) is 23.4 Å². The molecule has 1 saturated heterocycles. The lowest BCUT2D eigenvalue weighted by atomic mass is 9.92. The van der Waals surface area contributed by atoms with Crippen LogP contribution in [0.15, 0.2) is 47.5 Å². The third-order valence-electron chi connectivity index (χ3n) is 5.25. The number of sulfonamides is 1. The van der Waals surface area contributed by atoms with E-state index in [4.69, 9.17) is 0 Å². The first-order chi connectivity index (χ1) is 14.3. The van der Waals surface area contributed by atoms with Crippen molar-refractivity contribution in [2.24, 2.45) is 0 Å². The van der Waals surface area contributed by atoms with Gasteiger partial charge in [0.2, 0.25) is 15.9 Å². The van der Waals surface area contributed by atoms with E-state index >= 15 is 0 Å². The molecular formula is C21H23N5O3S. The fourth-order valence-corrected chi connectivity index (χ4v) is 5.38. The second-order valence-electron chi connectivity index (χ2n) is 7.42. The Labute approximate surface area is 175 Å². The molecule has 0 atom stereocenters. The predicted molar refractivity (Wildman–Crippen MR) is 114 cm³/mol. The number of nitrogens with one attached hydrogen (secondary N) is 1. The molecule has 0 radical (unpaired) electrons. The molecule has 1 aromatic carbocycles. The second-order valence-corrected chi connectivity index (χ2v) is 9.36. The first-order valence-corrected chi connectivity index (χ1v) is 11.3. The van der Waals surface area contributed by atoms with Gasteiger partial charge in [0.1, 0.15) is 5.82 Å². The van der Waals surface area contributed by atoms with Gasteiger partial charge in [-0.2, -0.15) is 4.31 Å². The first-order valence-electron chi connectivity index (χ1n) is 9.81. The van der Waals surface area contributed by atoms with Gasteiger partial charge in [0.25, 0.3) is 0 Å². The van der Waals surface area contributed by atoms with E-state index in [1.54, 1.807) is 24.4 Å². The molecule has 8 nitrogen and oxygen atoms in total. The van der Waals surface area contributed by atoms with Crippen LogP contribution in [0, 0.1) is 6.92 Å². The lowest BCUT2D eigenvalue weighted by Crippen LogP contribution is -2.38. The molecular weight excluding hydrogens is 402 g/mol. The monoisotopic (exact) mass is 425 g/mol. The summed E-state index contributed by atoms with van der Waals surface area (Å²) in [5.41, 5.74) is 2.08. The van der Waals surface area contributed by atoms with Crippen LogP contribution in [0.4, 0.5) is 5.69 Å². The SMILES string of the molecule is CC(=O)Nc1cccc(S(=O)(=O)N2CCC(c3nc(C)nc4ncccc34)CC2)c1. The Morgan fingerprint density at radius 2 is 1.90 bits per heavy atom. The maximum Gasteiger partial charge on any atom is 0.243 e. The minimum atomic E-state index is -3.64. The van der Waals surface area contributed by atoms with Crippen LogP contribution < -0.4 is 5.32 Å². The highest BCUT2D eigenvalue weighted by atomic mass is 32.2. The van der Waals surface area contributed by atoms with Crippen LogP contribution in [0.25, 0.3) is 11.0 Å². The Morgan fingerprint density at radius 3 is 2.63 bits per heavy atom. The quantitative estimate of drug-likeness (QED) is 0.689. The number of anilines is 1. The van der Waals surface area contributed by atoms with E-state index in [0.717, 1.165) is 11.1 Å². The van der Waals surface area contributed by atoms with Crippen LogP contribution in [0.3, 0.4) is 0 Å². The van der Waals surface area contributed by atoms with E-state index in [1.807, 2.05) is 19.1 Å². The molecule has 30 heavy (non-hydrogen) atoms. The summed E-state index contributed by atoms with van der Waals surface area (Å²) in [4.78, 5) is 24.8. The van der Waals surface area contributed by atoms with Gasteiger partial charge in [0, 0.05) is 43.2 Å². The number of aromatic nitrogens is 3. The van der Waals surface area contributed by atoms with Gasteiger partial charge in [-0.3, -0.25) is 4.79 Å². The number of hydrogen-bond donors (Lipinski definition) is 1. The topological polar surface area (TPSA) is 105 Å². The molecule has 9 heteroatoms. The van der Waals surface area contributed by atoms with Crippen LogP contribution in [-0.4, -0.2) is 46.7 Å². The highest BCUT2D eigenvalue weighted by Crippen LogP contribution is 2.33. The number of carbonyl (C=O) groups is 1. The maximum atomic E-state index is 13.1. The summed E-state index contributed by atoms with van der Waals surface area (Å²) in [7, 11) is -3.64. The van der Waals surface area contributed by atoms with Crippen molar-refractivity contribution in [1.82, 2.24) is 19.3 Å². The summed E-state index contributed by atoms with van der Waals surface area (Å²) in [5.74, 6) is 0.573. The molecule has 2 aromatic heterocycles. The smallest absolute Gasteiger partial charge is 0.243 e. The lowest BCUT2D eigenvalue weighted by molar-refractivity contribution is -0.114. The number of amides is 1. The van der Waals surface area contributed by atoms with Crippen molar-refractivity contribution in [3.05, 3.63) is 54.1 Å². The summed E-state index contributed by atoms with van der Waals surface area (Å²) in [6.45, 7) is 4.05. The molecule has 3 heterocycles. The number of aryl methyl sites for hydroxylation is 1. The summed E-state index contributed by atoms with van der Waals surface area (Å²) in [6.07, 6.45) is 3.05. The third kappa shape index (κ3) is 4.03. The van der Waals surface area contributed by atoms with Gasteiger partial charge in [0.15, 0.2) is 5.65 Å². The predicted octanol–water partition coefficient (Wildman–Crippen LogP) is 2.86. The molecule has 0 aliphatic carbocycles. The number of piperidine rings is 1. The number of nitrogens with zero attached hydrogens (tertiary/aromatic N) is 4. The fraction of sp³-hybridized carbons (Fsp3) is 0.333. The molecule has 1 aliphatic heterocycles. The summed E-state index contributed by atoms with van der Waals surface area (Å²) < 4.78 is 27.7. The zero-order valence-corrected chi connectivity index (χ0v) is 17.7. The van der Waals surface area contributed by atoms with E-state index < -0.39 is 10.0 Å². The number of hydrogen-bond acceptors (Lipinski definition) is 6. The summed E-state index contributed by atoms with van der Waals surface area (Å²) >= 11 is 0. The van der Waals surface area contributed by atoms with Crippen LogP contribution in [-0.2, 0) is 14.8 Å². The molecule has 3 aromatic rings. The van der Waals surface area contributed by atoms with Gasteiger partial charge < -0.3 is 5.32 Å². The largest absolute Gasteiger partial charge is 0.326 e. The molecule has 1 aliphatic rings. The van der Waals surface area contributed by atoms with Crippen molar-refractivity contribution in [3.8, 4) is 0 Å². The zero-order chi connectivity index (χ0) is 21.3. The third-order valence-corrected chi connectivity index (χ3v) is 7.14. The van der Waals surface area contributed by atoms with Gasteiger partial charge in [-0.1, -0.05) is 6.07 Å². The van der Waals surface area contributed by atoms with Gasteiger partial charge in [-0.05, 0) is 50.1 Å². The maximum absolute atomic E-state index is 13.1. The summed E-state index contributed by atoms with van der Waals surface area (Å²) in [6, 6.07) is 10.2. The van der Waals surface area contributed by atoms with Crippen molar-refractivity contribution >= 4 is 32.7 Å². The van der Waals surface area contributed by atoms with Gasteiger partial charge >= 0.3 is 0 Å². The Kier molecular flexibility index (Phi) is 5.48. The summed E-state index contributed by atoms with van der Waals surface area (Å²) in [5, 5.41) is 3.55. The molecule has 0 unspecified atom stereocenters. The number of rotatable bonds is 4. The standard InChI is InChI=1S/C21H23N5O3S/c1-14-23-20(19-7-4-10-22-21(19)24-14)16-8-11-26(12-9-16)30(28,29)18-6-3-5-17(13-18)25-15(2)27/h3-7,10,13,16H,8-9,11-12H2,1-2H3,(H,25,27). The molecule has 4 rings (SSSR count). The number of carbonyl (C=O) groups excluding carboxylic acids is 1. The normalized spacial score (nSPS) is 15.9. The van der Waals surface area contributed by atoms with Crippen molar-refractivity contribution < 1.29 is 13.2 Å². The molecule has 0 saturated carbocycles. The van der Waals surface area contributed by atoms with E-state index in [0.29, 0.717) is 43.1 Å². The average molecular weight is 426 g/mol. The van der Waals surface area contributed by atoms with E-state index in [1.165, 1.54) is 17.3 Å². The Balaban J connectivity index is 1.54. The molecule has 1 amide bonds. The van der Waals surface area contributed by atoms with Crippen LogP contribution >= 0.6 is 0 Å². The minimum Gasteiger partial charge on any atom is -0.326 e. The number of fused-ring (bicyclic) bond motifs is 1. The average Bonchev–Trinajstić information content (AvgIpc) is 2.73. The number of benzene rings is 1. The van der Waals surface area contributed by atoms with E-state index in [9.17, 15) is 13.2 Å². The lowest BCUT2D eigenvalue weighted by Gasteiger charge is -2.31. The van der Waals surface area contributed by atoms with Gasteiger partial charge in [0.05, 0.1) is 10.6 Å². The molecule has 0 bridgehead atoms. The van der Waals surface area contributed by atoms with Gasteiger partial charge in [-0.15, -0.1) is 0 Å². The zero-order valence-electron chi connectivity index (χ0n) is 16.9. The highest BCUT2D eigenvalue weighted by Gasteiger charge is 2.31. The number of pyridine rings is 1. The van der Waals surface area contributed by atoms with Crippen molar-refractivity contribution in [1.29, 1.82) is 0 Å². The minimum absolute atomic E-state index is 0.149. The van der Waals surface area contributed by atoms with E-state index in [-0.39, 0.29) is 16.7 Å². The van der Waals surface area contributed by atoms with E-state index in [2.05, 4.69) is 20.3 Å². The molecule has 0 spiro atoms. The molecule has 1 fully saturated rings. The van der Waals surface area contributed by atoms with Crippen molar-refractivity contribution in [2.75, 3.05) is 18.4 Å². The van der Waals surface area contributed by atoms with Crippen LogP contribution in [0.1, 0.15) is 37.2 Å². The van der Waals surface area contributed by atoms with Crippen molar-refractivity contribution in [2.45, 2.75) is 37.5 Å². The molecule has 156 valence electrons. The Hall–Kier alpha value is -2.91. The molecule has 1 N–H and O–H groups in total. The highest BCUT2D eigenvalue weighted by molar-refractivity contribution is 7.89. The second kappa shape index (κ2) is 8.08. The van der Waals surface area contributed by atoms with Crippen LogP contribution in [0.2, 0.25) is 0 Å². The Bertz CT molecular complexity index is 1200.